The van der Waals surface area contributed by atoms with Crippen LogP contribution in [0.5, 0.6) is 0 Å². The Bertz CT molecular complexity index is 1630. The molecule has 0 saturated carbocycles. The molecule has 1 aliphatic rings. The molecule has 238 valence electrons. The van der Waals surface area contributed by atoms with E-state index in [-0.39, 0.29) is 37.3 Å². The van der Waals surface area contributed by atoms with Crippen molar-refractivity contribution in [2.45, 2.75) is 37.6 Å². The minimum atomic E-state index is -1.04. The molecule has 2 amide bonds. The highest BCUT2D eigenvalue weighted by molar-refractivity contribution is 6.30. The molecule has 0 radical (unpaired) electrons. The smallest absolute Gasteiger partial charge is 0.409 e. The summed E-state index contributed by atoms with van der Waals surface area (Å²) in [6.07, 6.45) is -0.363. The van der Waals surface area contributed by atoms with Crippen molar-refractivity contribution in [3.05, 3.63) is 130 Å². The minimum Gasteiger partial charge on any atom is -0.481 e. The van der Waals surface area contributed by atoms with E-state index in [0.29, 0.717) is 11.4 Å². The molecule has 4 aromatic rings. The van der Waals surface area contributed by atoms with Crippen molar-refractivity contribution in [1.29, 1.82) is 0 Å². The standard InChI is InChI=1S/C38H39ClN2O5/c1-25(27-11-5-4-6-12-27)34(22-36(42)43)37(44)40(2)23-29(21-26-17-19-28(39)20-18-26)41(3)38(45)46-24-35-32-15-9-7-13-30(32)31-14-8-10-16-33(31)35/h4-20,25,29,34-35H,21-24H2,1-3H3,(H,42,43). The van der Waals surface area contributed by atoms with Gasteiger partial charge in [-0.25, -0.2) is 4.79 Å². The van der Waals surface area contributed by atoms with Crippen LogP contribution >= 0.6 is 11.6 Å². The first-order valence-corrected chi connectivity index (χ1v) is 15.9. The Hall–Kier alpha value is -4.62. The predicted molar refractivity (Wildman–Crippen MR) is 180 cm³/mol. The maximum atomic E-state index is 13.9. The summed E-state index contributed by atoms with van der Waals surface area (Å²) in [6.45, 7) is 2.23. The molecular weight excluding hydrogens is 600 g/mol. The fraction of sp³-hybridized carbons (Fsp3) is 0.289. The van der Waals surface area contributed by atoms with Gasteiger partial charge in [0, 0.05) is 31.6 Å². The zero-order valence-corrected chi connectivity index (χ0v) is 27.1. The molecule has 1 N–H and O–H groups in total. The number of rotatable bonds is 12. The summed E-state index contributed by atoms with van der Waals surface area (Å²) in [5.41, 5.74) is 6.37. The molecule has 1 aliphatic carbocycles. The van der Waals surface area contributed by atoms with Crippen LogP contribution in [0.2, 0.25) is 5.02 Å². The van der Waals surface area contributed by atoms with E-state index in [2.05, 4.69) is 24.3 Å². The van der Waals surface area contributed by atoms with E-state index in [1.807, 2.05) is 73.7 Å². The molecule has 4 aromatic carbocycles. The molecule has 0 fully saturated rings. The average molecular weight is 639 g/mol. The van der Waals surface area contributed by atoms with Gasteiger partial charge in [-0.3, -0.25) is 9.59 Å². The number of hydrogen-bond acceptors (Lipinski definition) is 4. The van der Waals surface area contributed by atoms with Crippen molar-refractivity contribution in [3.8, 4) is 11.1 Å². The van der Waals surface area contributed by atoms with Crippen LogP contribution in [0.3, 0.4) is 0 Å². The third kappa shape index (κ3) is 7.43. The summed E-state index contributed by atoms with van der Waals surface area (Å²) in [6, 6.07) is 32.7. The van der Waals surface area contributed by atoms with Crippen LogP contribution in [0, 0.1) is 5.92 Å². The third-order valence-electron chi connectivity index (χ3n) is 9.06. The van der Waals surface area contributed by atoms with E-state index in [1.54, 1.807) is 31.1 Å². The summed E-state index contributed by atoms with van der Waals surface area (Å²) in [4.78, 5) is 42.4. The molecule has 0 spiro atoms. The van der Waals surface area contributed by atoms with Gasteiger partial charge in [-0.2, -0.15) is 0 Å². The number of benzene rings is 4. The van der Waals surface area contributed by atoms with Crippen LogP contribution in [0.15, 0.2) is 103 Å². The Labute approximate surface area is 275 Å². The first-order chi connectivity index (χ1) is 22.1. The number of hydrogen-bond donors (Lipinski definition) is 1. The zero-order valence-electron chi connectivity index (χ0n) is 26.3. The molecule has 0 aliphatic heterocycles. The first-order valence-electron chi connectivity index (χ1n) is 15.5. The molecule has 7 nitrogen and oxygen atoms in total. The topological polar surface area (TPSA) is 87.2 Å². The SMILES string of the molecule is CC(c1ccccc1)C(CC(=O)O)C(=O)N(C)CC(Cc1ccc(Cl)cc1)N(C)C(=O)OCC1c2ccccc2-c2ccccc21. The number of carbonyl (C=O) groups excluding carboxylic acids is 2. The minimum absolute atomic E-state index is 0.0834. The second-order valence-electron chi connectivity index (χ2n) is 12.0. The maximum Gasteiger partial charge on any atom is 0.409 e. The Morgan fingerprint density at radius 2 is 1.39 bits per heavy atom. The second kappa shape index (κ2) is 14.6. The van der Waals surface area contributed by atoms with Crippen LogP contribution in [0.25, 0.3) is 11.1 Å². The molecule has 5 rings (SSSR count). The van der Waals surface area contributed by atoms with Gasteiger partial charge in [-0.05, 0) is 57.9 Å². The van der Waals surface area contributed by atoms with Crippen molar-refractivity contribution in [2.75, 3.05) is 27.2 Å². The van der Waals surface area contributed by atoms with Crippen molar-refractivity contribution < 1.29 is 24.2 Å². The number of halogens is 1. The van der Waals surface area contributed by atoms with Crippen molar-refractivity contribution in [3.63, 3.8) is 0 Å². The van der Waals surface area contributed by atoms with Gasteiger partial charge in [-0.1, -0.05) is 110 Å². The molecular formula is C38H39ClN2O5. The highest BCUT2D eigenvalue weighted by Crippen LogP contribution is 2.44. The third-order valence-corrected chi connectivity index (χ3v) is 9.31. The molecule has 8 heteroatoms. The summed E-state index contributed by atoms with van der Waals surface area (Å²) in [7, 11) is 3.34. The largest absolute Gasteiger partial charge is 0.481 e. The number of carboxylic acid groups (broad SMARTS) is 1. The van der Waals surface area contributed by atoms with Crippen LogP contribution < -0.4 is 0 Å². The molecule has 0 aromatic heterocycles. The Morgan fingerprint density at radius 3 is 1.98 bits per heavy atom. The quantitative estimate of drug-likeness (QED) is 0.174. The van der Waals surface area contributed by atoms with Crippen LogP contribution in [0.1, 0.15) is 47.4 Å². The van der Waals surface area contributed by atoms with E-state index < -0.39 is 24.0 Å². The lowest BCUT2D eigenvalue weighted by Gasteiger charge is -2.34. The van der Waals surface area contributed by atoms with Gasteiger partial charge in [0.15, 0.2) is 0 Å². The highest BCUT2D eigenvalue weighted by Gasteiger charge is 2.34. The van der Waals surface area contributed by atoms with Crippen LogP contribution in [0.4, 0.5) is 4.79 Å². The number of ether oxygens (including phenoxy) is 1. The monoisotopic (exact) mass is 638 g/mol. The van der Waals surface area contributed by atoms with Gasteiger partial charge >= 0.3 is 12.1 Å². The summed E-state index contributed by atoms with van der Waals surface area (Å²) in [5, 5.41) is 10.3. The van der Waals surface area contributed by atoms with Gasteiger partial charge < -0.3 is 19.6 Å². The Kier molecular flexibility index (Phi) is 10.4. The fourth-order valence-corrected chi connectivity index (χ4v) is 6.53. The Morgan fingerprint density at radius 1 is 0.826 bits per heavy atom. The summed E-state index contributed by atoms with van der Waals surface area (Å²) >= 11 is 6.13. The average Bonchev–Trinajstić information content (AvgIpc) is 3.39. The first kappa shape index (κ1) is 32.8. The lowest BCUT2D eigenvalue weighted by Crippen LogP contribution is -2.48. The lowest BCUT2D eigenvalue weighted by molar-refractivity contribution is -0.144. The predicted octanol–water partition coefficient (Wildman–Crippen LogP) is 7.49. The number of carbonyl (C=O) groups is 3. The molecule has 0 heterocycles. The van der Waals surface area contributed by atoms with Gasteiger partial charge in [0.05, 0.1) is 18.4 Å². The van der Waals surface area contributed by atoms with Gasteiger partial charge in [-0.15, -0.1) is 0 Å². The fourth-order valence-electron chi connectivity index (χ4n) is 6.41. The normalized spacial score (nSPS) is 14.0. The van der Waals surface area contributed by atoms with E-state index in [4.69, 9.17) is 16.3 Å². The van der Waals surface area contributed by atoms with Crippen molar-refractivity contribution in [1.82, 2.24) is 9.80 Å². The zero-order chi connectivity index (χ0) is 32.8. The second-order valence-corrected chi connectivity index (χ2v) is 12.5. The van der Waals surface area contributed by atoms with E-state index in [0.717, 1.165) is 33.4 Å². The molecule has 46 heavy (non-hydrogen) atoms. The van der Waals surface area contributed by atoms with Crippen LogP contribution in [-0.4, -0.2) is 66.2 Å². The lowest BCUT2D eigenvalue weighted by atomic mass is 9.84. The number of carboxylic acids is 1. The number of amides is 2. The van der Waals surface area contributed by atoms with E-state index in [9.17, 15) is 19.5 Å². The molecule has 0 bridgehead atoms. The summed E-state index contributed by atoms with van der Waals surface area (Å²) in [5.74, 6) is -2.51. The van der Waals surface area contributed by atoms with Gasteiger partial charge in [0.2, 0.25) is 5.91 Å². The van der Waals surface area contributed by atoms with E-state index in [1.165, 1.54) is 4.90 Å². The maximum absolute atomic E-state index is 13.9. The van der Waals surface area contributed by atoms with Gasteiger partial charge in [0.25, 0.3) is 0 Å². The van der Waals surface area contributed by atoms with Crippen molar-refractivity contribution >= 4 is 29.6 Å². The molecule has 0 saturated heterocycles. The van der Waals surface area contributed by atoms with E-state index >= 15 is 0 Å². The van der Waals surface area contributed by atoms with Crippen LogP contribution in [-0.2, 0) is 20.7 Å². The van der Waals surface area contributed by atoms with Crippen molar-refractivity contribution in [2.24, 2.45) is 5.92 Å². The summed E-state index contributed by atoms with van der Waals surface area (Å²) < 4.78 is 5.96. The number of fused-ring (bicyclic) bond motifs is 3. The number of likely N-dealkylation sites (N-methyl/N-ethyl adjacent to an activating group) is 2. The number of nitrogens with zero attached hydrogens (tertiary/aromatic N) is 2. The highest BCUT2D eigenvalue weighted by atomic mass is 35.5. The Balaban J connectivity index is 1.34. The molecule has 3 atom stereocenters. The van der Waals surface area contributed by atoms with Gasteiger partial charge in [0.1, 0.15) is 6.61 Å². The molecule has 3 unspecified atom stereocenters. The number of aliphatic carboxylic acids is 1.